The monoisotopic (exact) mass is 395 g/mol. The summed E-state index contributed by atoms with van der Waals surface area (Å²) < 4.78 is 37.0. The summed E-state index contributed by atoms with van der Waals surface area (Å²) in [4.78, 5) is 16.2. The summed E-state index contributed by atoms with van der Waals surface area (Å²) in [7, 11) is 0. The lowest BCUT2D eigenvalue weighted by molar-refractivity contribution is 0.0462. The Morgan fingerprint density at radius 3 is 2.65 bits per heavy atom. The highest BCUT2D eigenvalue weighted by Crippen LogP contribution is 2.18. The average molecular weight is 396 g/mol. The molecule has 0 unspecified atom stereocenters. The number of hydrogen-bond acceptors (Lipinski definition) is 5. The summed E-state index contributed by atoms with van der Waals surface area (Å²) in [5, 5.41) is 2.62. The van der Waals surface area contributed by atoms with E-state index in [0.717, 1.165) is 6.07 Å². The van der Waals surface area contributed by atoms with Crippen LogP contribution in [0, 0.1) is 11.6 Å². The molecule has 0 radical (unpaired) electrons. The van der Waals surface area contributed by atoms with Crippen molar-refractivity contribution in [1.29, 1.82) is 0 Å². The van der Waals surface area contributed by atoms with Crippen LogP contribution in [0.5, 0.6) is 5.75 Å². The smallest absolute Gasteiger partial charge is 0.341 e. The molecule has 0 bridgehead atoms. The minimum absolute atomic E-state index is 0.0994. The average Bonchev–Trinajstić information content (AvgIpc) is 3.09. The van der Waals surface area contributed by atoms with Crippen molar-refractivity contribution in [2.75, 3.05) is 0 Å². The predicted octanol–water partition coefficient (Wildman–Crippen LogP) is 5.01. The number of nitrogens with zero attached hydrogens (tertiary/aromatic N) is 1. The molecule has 0 amide bonds. The Hall–Kier alpha value is -2.51. The fraction of sp³-hybridized carbons (Fsp3) is 0.111. The van der Waals surface area contributed by atoms with Gasteiger partial charge in [0.15, 0.2) is 0 Å². The highest BCUT2D eigenvalue weighted by molar-refractivity contribution is 7.09. The number of benzene rings is 2. The van der Waals surface area contributed by atoms with Gasteiger partial charge in [-0.1, -0.05) is 11.6 Å². The lowest BCUT2D eigenvalue weighted by atomic mass is 10.2. The number of thiazole rings is 1. The van der Waals surface area contributed by atoms with Crippen LogP contribution in [-0.2, 0) is 18.0 Å². The van der Waals surface area contributed by atoms with E-state index < -0.39 is 11.8 Å². The standard InChI is InChI=1S/C18H12ClF2NO3S/c19-11-1-6-16(21)15(7-11)18(23)25-8-13-10-26-17(22-13)9-24-14-4-2-12(20)3-5-14/h1-7,10H,8-9H2. The molecular weight excluding hydrogens is 384 g/mol. The summed E-state index contributed by atoms with van der Waals surface area (Å²) in [5.41, 5.74) is 0.288. The number of ether oxygens (including phenoxy) is 2. The Kier molecular flexibility index (Phi) is 5.80. The molecule has 0 atom stereocenters. The summed E-state index contributed by atoms with van der Waals surface area (Å²) in [6.45, 7) is 0.102. The summed E-state index contributed by atoms with van der Waals surface area (Å²) >= 11 is 7.08. The highest BCUT2D eigenvalue weighted by Gasteiger charge is 2.15. The zero-order valence-corrected chi connectivity index (χ0v) is 14.8. The molecule has 3 rings (SSSR count). The fourth-order valence-corrected chi connectivity index (χ4v) is 2.89. The van der Waals surface area contributed by atoms with Gasteiger partial charge in [0.25, 0.3) is 0 Å². The van der Waals surface area contributed by atoms with Crippen molar-refractivity contribution in [2.24, 2.45) is 0 Å². The SMILES string of the molecule is O=C(OCc1csc(COc2ccc(F)cc2)n1)c1cc(Cl)ccc1F. The molecule has 26 heavy (non-hydrogen) atoms. The molecule has 0 saturated carbocycles. The molecule has 0 aliphatic heterocycles. The Bertz CT molecular complexity index is 915. The first-order valence-electron chi connectivity index (χ1n) is 7.45. The van der Waals surface area contributed by atoms with Crippen molar-refractivity contribution in [3.05, 3.63) is 80.8 Å². The summed E-state index contributed by atoms with van der Waals surface area (Å²) in [6.07, 6.45) is 0. The second-order valence-electron chi connectivity index (χ2n) is 5.18. The van der Waals surface area contributed by atoms with Crippen LogP contribution >= 0.6 is 22.9 Å². The van der Waals surface area contributed by atoms with E-state index in [9.17, 15) is 13.6 Å². The largest absolute Gasteiger partial charge is 0.486 e. The van der Waals surface area contributed by atoms with Crippen LogP contribution < -0.4 is 4.74 Å². The normalized spacial score (nSPS) is 10.6. The third-order valence-corrected chi connectivity index (χ3v) is 4.38. The molecule has 3 aromatic rings. The van der Waals surface area contributed by atoms with Crippen molar-refractivity contribution in [3.8, 4) is 5.75 Å². The van der Waals surface area contributed by atoms with E-state index in [4.69, 9.17) is 21.1 Å². The van der Waals surface area contributed by atoms with Crippen LogP contribution in [0.25, 0.3) is 0 Å². The molecule has 8 heteroatoms. The van der Waals surface area contributed by atoms with Gasteiger partial charge in [0.2, 0.25) is 0 Å². The second kappa shape index (κ2) is 8.25. The third-order valence-electron chi connectivity index (χ3n) is 3.27. The Morgan fingerprint density at radius 1 is 1.12 bits per heavy atom. The van der Waals surface area contributed by atoms with Gasteiger partial charge in [-0.05, 0) is 42.5 Å². The molecule has 0 saturated heterocycles. The van der Waals surface area contributed by atoms with Crippen LogP contribution in [-0.4, -0.2) is 11.0 Å². The molecule has 0 aliphatic rings. The minimum Gasteiger partial charge on any atom is -0.486 e. The number of esters is 1. The van der Waals surface area contributed by atoms with Crippen molar-refractivity contribution in [2.45, 2.75) is 13.2 Å². The molecule has 2 aromatic carbocycles. The van der Waals surface area contributed by atoms with Gasteiger partial charge >= 0.3 is 5.97 Å². The Morgan fingerprint density at radius 2 is 1.88 bits per heavy atom. The fourth-order valence-electron chi connectivity index (χ4n) is 2.03. The van der Waals surface area contributed by atoms with Gasteiger partial charge < -0.3 is 9.47 Å². The number of rotatable bonds is 6. The first kappa shape index (κ1) is 18.3. The van der Waals surface area contributed by atoms with Gasteiger partial charge in [-0.2, -0.15) is 0 Å². The van der Waals surface area contributed by atoms with Crippen molar-refractivity contribution in [3.63, 3.8) is 0 Å². The zero-order chi connectivity index (χ0) is 18.5. The maximum absolute atomic E-state index is 13.6. The highest BCUT2D eigenvalue weighted by atomic mass is 35.5. The number of carbonyl (C=O) groups excluding carboxylic acids is 1. The number of carbonyl (C=O) groups is 1. The number of halogens is 3. The lowest BCUT2D eigenvalue weighted by Gasteiger charge is -2.05. The van der Waals surface area contributed by atoms with Gasteiger partial charge in [0, 0.05) is 10.4 Å². The van der Waals surface area contributed by atoms with Gasteiger partial charge in [0.05, 0.1) is 11.3 Å². The third kappa shape index (κ3) is 4.77. The van der Waals surface area contributed by atoms with Gasteiger partial charge in [0.1, 0.15) is 35.6 Å². The van der Waals surface area contributed by atoms with Crippen molar-refractivity contribution >= 4 is 28.9 Å². The lowest BCUT2D eigenvalue weighted by Crippen LogP contribution is -2.08. The molecule has 0 fully saturated rings. The maximum atomic E-state index is 13.6. The van der Waals surface area contributed by atoms with Crippen LogP contribution in [0.1, 0.15) is 21.1 Å². The van der Waals surface area contributed by atoms with Crippen LogP contribution in [0.4, 0.5) is 8.78 Å². The van der Waals surface area contributed by atoms with E-state index in [0.29, 0.717) is 16.5 Å². The Labute approximate surface area is 157 Å². The first-order chi connectivity index (χ1) is 12.5. The van der Waals surface area contributed by atoms with Crippen LogP contribution in [0.15, 0.2) is 47.8 Å². The molecule has 1 aromatic heterocycles. The Balaban J connectivity index is 1.54. The summed E-state index contributed by atoms with van der Waals surface area (Å²) in [5.74, 6) is -1.34. The van der Waals surface area contributed by atoms with E-state index in [1.165, 1.54) is 47.7 Å². The molecular formula is C18H12ClF2NO3S. The van der Waals surface area contributed by atoms with Gasteiger partial charge in [-0.15, -0.1) is 11.3 Å². The van der Waals surface area contributed by atoms with Crippen LogP contribution in [0.2, 0.25) is 5.02 Å². The predicted molar refractivity (Wildman–Crippen MR) is 93.4 cm³/mol. The number of hydrogen-bond donors (Lipinski definition) is 0. The van der Waals surface area contributed by atoms with E-state index in [-0.39, 0.29) is 29.6 Å². The van der Waals surface area contributed by atoms with E-state index >= 15 is 0 Å². The van der Waals surface area contributed by atoms with Gasteiger partial charge in [-0.25, -0.2) is 18.6 Å². The van der Waals surface area contributed by atoms with E-state index in [1.54, 1.807) is 5.38 Å². The minimum atomic E-state index is -0.817. The molecule has 1 heterocycles. The van der Waals surface area contributed by atoms with Crippen molar-refractivity contribution < 1.29 is 23.0 Å². The first-order valence-corrected chi connectivity index (χ1v) is 8.71. The zero-order valence-electron chi connectivity index (χ0n) is 13.2. The molecule has 0 N–H and O–H groups in total. The topological polar surface area (TPSA) is 48.4 Å². The van der Waals surface area contributed by atoms with Crippen LogP contribution in [0.3, 0.4) is 0 Å². The van der Waals surface area contributed by atoms with Gasteiger partial charge in [-0.3, -0.25) is 0 Å². The maximum Gasteiger partial charge on any atom is 0.341 e. The second-order valence-corrected chi connectivity index (χ2v) is 6.55. The van der Waals surface area contributed by atoms with E-state index in [1.807, 2.05) is 0 Å². The molecule has 0 spiro atoms. The van der Waals surface area contributed by atoms with Crippen molar-refractivity contribution in [1.82, 2.24) is 4.98 Å². The quantitative estimate of drug-likeness (QED) is 0.550. The molecule has 134 valence electrons. The number of aromatic nitrogens is 1. The molecule has 0 aliphatic carbocycles. The molecule has 4 nitrogen and oxygen atoms in total. The summed E-state index contributed by atoms with van der Waals surface area (Å²) in [6, 6.07) is 9.31. The van der Waals surface area contributed by atoms with E-state index in [2.05, 4.69) is 4.98 Å².